The number of thiophene rings is 1. The van der Waals surface area contributed by atoms with E-state index >= 15 is 0 Å². The van der Waals surface area contributed by atoms with E-state index < -0.39 is 12.0 Å². The number of nitrogens with zero attached hydrogens (tertiary/aromatic N) is 1. The summed E-state index contributed by atoms with van der Waals surface area (Å²) < 4.78 is 4.72. The largest absolute Gasteiger partial charge is 0.464 e. The Hall–Kier alpha value is -2.97. The van der Waals surface area contributed by atoms with Crippen LogP contribution < -0.4 is 11.1 Å². The number of rotatable bonds is 5. The molecule has 0 fully saturated rings. The van der Waals surface area contributed by atoms with E-state index in [2.05, 4.69) is 11.1 Å². The van der Waals surface area contributed by atoms with Crippen molar-refractivity contribution in [3.63, 3.8) is 0 Å². The van der Waals surface area contributed by atoms with Gasteiger partial charge in [0.05, 0.1) is 7.11 Å². The quantitative estimate of drug-likeness (QED) is 0.538. The maximum Gasteiger partial charge on any atom is 0.356 e. The molecule has 4 N–H and O–H groups in total. The standard InChI is InChI=1S/C18H17N3O3S.CH5N/c1-24-18(23)14-11-21(10-13-6-4-12(9-19)5-7-13)16(17(22)20-14)15-3-2-8-25-15;1-2/h2-9,11,16,19H,10H2,1H3,(H,20,22);2H2,1H3. The van der Waals surface area contributed by atoms with Crippen LogP contribution in [0.5, 0.6) is 0 Å². The number of esters is 1. The number of nitrogens with two attached hydrogens (primary N) is 1. The Kier molecular flexibility index (Phi) is 7.27. The van der Waals surface area contributed by atoms with Crippen LogP contribution in [0, 0.1) is 5.41 Å². The topological polar surface area (TPSA) is 109 Å². The zero-order valence-electron chi connectivity index (χ0n) is 15.1. The van der Waals surface area contributed by atoms with Gasteiger partial charge in [0.2, 0.25) is 0 Å². The Balaban J connectivity index is 0.00000126. The van der Waals surface area contributed by atoms with Crippen molar-refractivity contribution < 1.29 is 14.3 Å². The summed E-state index contributed by atoms with van der Waals surface area (Å²) in [6.45, 7) is 0.453. The molecule has 2 aromatic rings. The molecule has 7 nitrogen and oxygen atoms in total. The number of hydrogen-bond donors (Lipinski definition) is 3. The lowest BCUT2D eigenvalue weighted by Gasteiger charge is -2.33. The fourth-order valence-corrected chi connectivity index (χ4v) is 3.49. The molecule has 1 amide bonds. The number of benzene rings is 1. The lowest BCUT2D eigenvalue weighted by molar-refractivity contribution is -0.139. The second-order valence-corrected chi connectivity index (χ2v) is 6.48. The maximum absolute atomic E-state index is 12.6. The Bertz CT molecular complexity index is 816. The highest BCUT2D eigenvalue weighted by atomic mass is 32.1. The first-order valence-electron chi connectivity index (χ1n) is 8.19. The highest BCUT2D eigenvalue weighted by molar-refractivity contribution is 7.10. The summed E-state index contributed by atoms with van der Waals surface area (Å²) in [6.07, 6.45) is 2.91. The average molecular weight is 386 g/mol. The molecule has 2 heterocycles. The molecule has 0 aliphatic carbocycles. The molecule has 0 radical (unpaired) electrons. The van der Waals surface area contributed by atoms with Gasteiger partial charge in [0.1, 0.15) is 11.7 Å². The fraction of sp³-hybridized carbons (Fsp3) is 0.211. The highest BCUT2D eigenvalue weighted by Gasteiger charge is 2.33. The van der Waals surface area contributed by atoms with Gasteiger partial charge in [0.25, 0.3) is 5.91 Å². The van der Waals surface area contributed by atoms with E-state index in [9.17, 15) is 9.59 Å². The Morgan fingerprint density at radius 3 is 2.59 bits per heavy atom. The van der Waals surface area contributed by atoms with E-state index in [0.717, 1.165) is 16.0 Å². The second kappa shape index (κ2) is 9.65. The monoisotopic (exact) mass is 386 g/mol. The third-order valence-corrected chi connectivity index (χ3v) is 4.79. The summed E-state index contributed by atoms with van der Waals surface area (Å²) in [5.74, 6) is -0.844. The van der Waals surface area contributed by atoms with Crippen molar-refractivity contribution in [1.29, 1.82) is 5.41 Å². The van der Waals surface area contributed by atoms with Crippen molar-refractivity contribution in [2.75, 3.05) is 14.2 Å². The minimum absolute atomic E-state index is 0.122. The van der Waals surface area contributed by atoms with Gasteiger partial charge >= 0.3 is 5.97 Å². The summed E-state index contributed by atoms with van der Waals surface area (Å²) in [7, 11) is 2.78. The van der Waals surface area contributed by atoms with Crippen molar-refractivity contribution in [2.24, 2.45) is 5.73 Å². The van der Waals surface area contributed by atoms with E-state index in [-0.39, 0.29) is 11.6 Å². The van der Waals surface area contributed by atoms with Gasteiger partial charge in [0, 0.05) is 23.8 Å². The van der Waals surface area contributed by atoms with Gasteiger partial charge < -0.3 is 26.1 Å². The van der Waals surface area contributed by atoms with Crippen LogP contribution in [0.4, 0.5) is 0 Å². The van der Waals surface area contributed by atoms with Crippen molar-refractivity contribution >= 4 is 29.4 Å². The highest BCUT2D eigenvalue weighted by Crippen LogP contribution is 2.30. The number of nitrogens with one attached hydrogen (secondary N) is 2. The van der Waals surface area contributed by atoms with Gasteiger partial charge in [-0.15, -0.1) is 11.3 Å². The number of carbonyl (C=O) groups excluding carboxylic acids is 2. The molecule has 0 saturated heterocycles. The van der Waals surface area contributed by atoms with Crippen LogP contribution in [-0.2, 0) is 20.9 Å². The summed E-state index contributed by atoms with van der Waals surface area (Å²) in [4.78, 5) is 27.2. The molecule has 0 bridgehead atoms. The predicted molar refractivity (Wildman–Crippen MR) is 105 cm³/mol. The van der Waals surface area contributed by atoms with Crippen molar-refractivity contribution in [1.82, 2.24) is 10.2 Å². The molecule has 0 saturated carbocycles. The molecule has 8 heteroatoms. The second-order valence-electron chi connectivity index (χ2n) is 5.50. The van der Waals surface area contributed by atoms with Crippen molar-refractivity contribution in [2.45, 2.75) is 12.6 Å². The lowest BCUT2D eigenvalue weighted by Crippen LogP contribution is -2.44. The average Bonchev–Trinajstić information content (AvgIpc) is 3.23. The SMILES string of the molecule is CN.COC(=O)C1=CN(Cc2ccc(C=N)cc2)C(c2cccs2)C(=O)N1. The molecular weight excluding hydrogens is 364 g/mol. The van der Waals surface area contributed by atoms with Gasteiger partial charge in [-0.3, -0.25) is 4.79 Å². The van der Waals surface area contributed by atoms with Gasteiger partial charge in [-0.1, -0.05) is 30.3 Å². The van der Waals surface area contributed by atoms with Gasteiger partial charge in [-0.2, -0.15) is 0 Å². The van der Waals surface area contributed by atoms with Crippen LogP contribution in [0.15, 0.2) is 53.7 Å². The van der Waals surface area contributed by atoms with Crippen LogP contribution in [0.2, 0.25) is 0 Å². The van der Waals surface area contributed by atoms with Crippen molar-refractivity contribution in [3.05, 3.63) is 69.7 Å². The molecule has 142 valence electrons. The molecule has 1 aliphatic rings. The van der Waals surface area contributed by atoms with Crippen LogP contribution in [0.1, 0.15) is 22.0 Å². The summed E-state index contributed by atoms with van der Waals surface area (Å²) in [5.41, 5.74) is 6.40. The summed E-state index contributed by atoms with van der Waals surface area (Å²) >= 11 is 1.49. The number of carbonyl (C=O) groups is 2. The molecule has 1 atom stereocenters. The van der Waals surface area contributed by atoms with Crippen LogP contribution in [0.25, 0.3) is 0 Å². The maximum atomic E-state index is 12.6. The predicted octanol–water partition coefficient (Wildman–Crippen LogP) is 2.01. The van der Waals surface area contributed by atoms with E-state index in [1.165, 1.54) is 31.7 Å². The Morgan fingerprint density at radius 2 is 2.04 bits per heavy atom. The van der Waals surface area contributed by atoms with Crippen LogP contribution >= 0.6 is 11.3 Å². The first-order valence-corrected chi connectivity index (χ1v) is 9.07. The third kappa shape index (κ3) is 4.81. The van der Waals surface area contributed by atoms with Gasteiger partial charge in [-0.05, 0) is 29.6 Å². The Morgan fingerprint density at radius 1 is 1.33 bits per heavy atom. The number of ether oxygens (including phenoxy) is 1. The normalized spacial score (nSPS) is 15.8. The smallest absolute Gasteiger partial charge is 0.356 e. The van der Waals surface area contributed by atoms with Gasteiger partial charge in [-0.25, -0.2) is 4.79 Å². The Labute approximate surface area is 161 Å². The van der Waals surface area contributed by atoms with Crippen LogP contribution in [-0.4, -0.2) is 37.1 Å². The molecular formula is C19H22N4O3S. The lowest BCUT2D eigenvalue weighted by atomic mass is 10.1. The molecule has 27 heavy (non-hydrogen) atoms. The molecule has 0 spiro atoms. The first-order chi connectivity index (χ1) is 13.1. The van der Waals surface area contributed by atoms with E-state index in [4.69, 9.17) is 10.1 Å². The molecule has 1 aliphatic heterocycles. The number of methoxy groups -OCH3 is 1. The zero-order valence-corrected chi connectivity index (χ0v) is 16.0. The first kappa shape index (κ1) is 20.3. The third-order valence-electron chi connectivity index (χ3n) is 3.86. The van der Waals surface area contributed by atoms with Crippen molar-refractivity contribution in [3.8, 4) is 0 Å². The minimum Gasteiger partial charge on any atom is -0.464 e. The van der Waals surface area contributed by atoms with Gasteiger partial charge in [0.15, 0.2) is 0 Å². The number of hydrogen-bond acceptors (Lipinski definition) is 7. The minimum atomic E-state index is -0.581. The number of amides is 1. The van der Waals surface area contributed by atoms with Crippen LogP contribution in [0.3, 0.4) is 0 Å². The van der Waals surface area contributed by atoms with E-state index in [1.807, 2.05) is 46.7 Å². The van der Waals surface area contributed by atoms with E-state index in [0.29, 0.717) is 6.54 Å². The summed E-state index contributed by atoms with van der Waals surface area (Å²) in [5, 5.41) is 11.8. The molecule has 3 rings (SSSR count). The fourth-order valence-electron chi connectivity index (χ4n) is 2.64. The van der Waals surface area contributed by atoms with E-state index in [1.54, 1.807) is 6.20 Å². The molecule has 1 aromatic carbocycles. The molecule has 1 unspecified atom stereocenters. The summed E-state index contributed by atoms with van der Waals surface area (Å²) in [6, 6.07) is 10.8. The molecule has 1 aromatic heterocycles. The zero-order chi connectivity index (χ0) is 19.8.